The second-order valence-electron chi connectivity index (χ2n) is 8.70. The summed E-state index contributed by atoms with van der Waals surface area (Å²) in [5.41, 5.74) is 5.21. The van der Waals surface area contributed by atoms with Crippen molar-refractivity contribution in [3.05, 3.63) is 76.3 Å². The molecule has 1 unspecified atom stereocenters. The zero-order valence-corrected chi connectivity index (χ0v) is 19.1. The van der Waals surface area contributed by atoms with Crippen LogP contribution in [0.2, 0.25) is 0 Å². The Hall–Kier alpha value is -3.71. The number of ether oxygens (including phenoxy) is 5. The first-order chi connectivity index (χ1) is 16.6. The fourth-order valence-corrected chi connectivity index (χ4v) is 5.15. The van der Waals surface area contributed by atoms with Crippen LogP contribution in [0.3, 0.4) is 0 Å². The van der Waals surface area contributed by atoms with Crippen molar-refractivity contribution in [3.63, 3.8) is 0 Å². The van der Waals surface area contributed by atoms with Gasteiger partial charge >= 0.3 is 5.97 Å². The van der Waals surface area contributed by atoms with Gasteiger partial charge in [0.1, 0.15) is 5.75 Å². The molecule has 3 heterocycles. The third-order valence-electron chi connectivity index (χ3n) is 6.94. The van der Waals surface area contributed by atoms with Crippen LogP contribution in [-0.2, 0) is 19.4 Å². The van der Waals surface area contributed by atoms with Crippen LogP contribution in [0.4, 0.5) is 0 Å². The van der Waals surface area contributed by atoms with Crippen molar-refractivity contribution >= 4 is 5.97 Å². The van der Waals surface area contributed by atoms with E-state index < -0.39 is 5.97 Å². The number of esters is 1. The largest absolute Gasteiger partial charge is 0.497 e. The Bertz CT molecular complexity index is 1270. The maximum atomic E-state index is 13.0. The van der Waals surface area contributed by atoms with Gasteiger partial charge in [-0.05, 0) is 72.0 Å². The molecule has 3 aromatic rings. The quantitative estimate of drug-likeness (QED) is 0.426. The number of hydrogen-bond acceptors (Lipinski definition) is 7. The first-order valence-electron chi connectivity index (χ1n) is 11.4. The lowest BCUT2D eigenvalue weighted by Crippen LogP contribution is -2.39. The molecule has 7 heteroatoms. The molecule has 0 spiro atoms. The molecule has 0 aliphatic carbocycles. The number of fused-ring (bicyclic) bond motifs is 5. The minimum absolute atomic E-state index is 0.240. The highest BCUT2D eigenvalue weighted by Crippen LogP contribution is 2.46. The summed E-state index contributed by atoms with van der Waals surface area (Å²) in [6, 6.07) is 15.4. The Morgan fingerprint density at radius 1 is 0.971 bits per heavy atom. The number of hydrogen-bond donors (Lipinski definition) is 0. The Kier molecular flexibility index (Phi) is 5.07. The summed E-state index contributed by atoms with van der Waals surface area (Å²) in [7, 11) is 3.19. The van der Waals surface area contributed by atoms with Crippen molar-refractivity contribution < 1.29 is 28.5 Å². The van der Waals surface area contributed by atoms with E-state index in [1.165, 1.54) is 11.1 Å². The highest BCUT2D eigenvalue weighted by Gasteiger charge is 2.36. The minimum atomic E-state index is -0.423. The van der Waals surface area contributed by atoms with Gasteiger partial charge in [-0.3, -0.25) is 4.90 Å². The lowest BCUT2D eigenvalue weighted by molar-refractivity contribution is 0.0722. The molecular formula is C27H25NO6. The van der Waals surface area contributed by atoms with Gasteiger partial charge in [0.05, 0.1) is 19.8 Å². The number of carbonyl (C=O) groups is 1. The van der Waals surface area contributed by atoms with E-state index in [1.807, 2.05) is 6.07 Å². The van der Waals surface area contributed by atoms with Crippen LogP contribution >= 0.6 is 0 Å². The Labute approximate surface area is 197 Å². The van der Waals surface area contributed by atoms with E-state index in [1.54, 1.807) is 38.5 Å². The highest BCUT2D eigenvalue weighted by molar-refractivity contribution is 5.91. The zero-order valence-electron chi connectivity index (χ0n) is 19.1. The van der Waals surface area contributed by atoms with Crippen LogP contribution in [0.25, 0.3) is 0 Å². The van der Waals surface area contributed by atoms with Crippen molar-refractivity contribution in [3.8, 4) is 28.7 Å². The first kappa shape index (κ1) is 20.9. The SMILES string of the molecule is COc1ccc(C(=O)Oc2c(OC)ccc3c2CN2CCc4cc5c(cc4C2C3)OCO5)cc1. The standard InChI is InChI=1S/C27H25NO6/c1-30-19-6-3-16(4-7-19)27(29)34-26-21-14-28-10-9-18-12-24-25(33-15-32-24)13-20(18)22(28)11-17(21)5-8-23(26)31-2/h3-8,12-13,22H,9-11,14-15H2,1-2H3. The van der Waals surface area contributed by atoms with Gasteiger partial charge in [0, 0.05) is 24.7 Å². The molecule has 0 fully saturated rings. The number of carbonyl (C=O) groups excluding carboxylic acids is 1. The summed E-state index contributed by atoms with van der Waals surface area (Å²) in [5, 5.41) is 0. The number of nitrogens with zero attached hydrogens (tertiary/aromatic N) is 1. The predicted octanol–water partition coefficient (Wildman–Crippen LogP) is 4.31. The zero-order chi connectivity index (χ0) is 23.2. The second kappa shape index (κ2) is 8.25. The molecule has 0 N–H and O–H groups in total. The summed E-state index contributed by atoms with van der Waals surface area (Å²) in [4.78, 5) is 15.4. The van der Waals surface area contributed by atoms with Gasteiger partial charge in [-0.1, -0.05) is 6.07 Å². The first-order valence-corrected chi connectivity index (χ1v) is 11.4. The lowest BCUT2D eigenvalue weighted by Gasteiger charge is -2.42. The van der Waals surface area contributed by atoms with E-state index in [9.17, 15) is 4.79 Å². The summed E-state index contributed by atoms with van der Waals surface area (Å²) in [6.45, 7) is 1.87. The summed E-state index contributed by atoms with van der Waals surface area (Å²) in [5.74, 6) is 2.96. The fraction of sp³-hybridized carbons (Fsp3) is 0.296. The van der Waals surface area contributed by atoms with E-state index >= 15 is 0 Å². The van der Waals surface area contributed by atoms with Crippen molar-refractivity contribution in [1.82, 2.24) is 4.90 Å². The lowest BCUT2D eigenvalue weighted by atomic mass is 9.83. The summed E-state index contributed by atoms with van der Waals surface area (Å²) < 4.78 is 27.9. The molecule has 6 rings (SSSR count). The van der Waals surface area contributed by atoms with Gasteiger partial charge in [-0.15, -0.1) is 0 Å². The van der Waals surface area contributed by atoms with Crippen LogP contribution in [0, 0.1) is 0 Å². The topological polar surface area (TPSA) is 66.5 Å². The van der Waals surface area contributed by atoms with Crippen LogP contribution in [-0.4, -0.2) is 38.4 Å². The van der Waals surface area contributed by atoms with Gasteiger partial charge in [-0.2, -0.15) is 0 Å². The van der Waals surface area contributed by atoms with Gasteiger partial charge in [-0.25, -0.2) is 4.79 Å². The maximum absolute atomic E-state index is 13.0. The number of methoxy groups -OCH3 is 2. The Morgan fingerprint density at radius 3 is 2.53 bits per heavy atom. The molecule has 3 aromatic carbocycles. The molecule has 0 aromatic heterocycles. The second-order valence-corrected chi connectivity index (χ2v) is 8.70. The Balaban J connectivity index is 1.33. The smallest absolute Gasteiger partial charge is 0.343 e. The number of rotatable bonds is 4. The van der Waals surface area contributed by atoms with Crippen molar-refractivity contribution in [2.45, 2.75) is 25.4 Å². The van der Waals surface area contributed by atoms with Crippen LogP contribution in [0.15, 0.2) is 48.5 Å². The summed E-state index contributed by atoms with van der Waals surface area (Å²) >= 11 is 0. The minimum Gasteiger partial charge on any atom is -0.497 e. The van der Waals surface area contributed by atoms with Gasteiger partial charge < -0.3 is 23.7 Å². The summed E-state index contributed by atoms with van der Waals surface area (Å²) in [6.07, 6.45) is 1.75. The number of benzene rings is 3. The molecule has 0 radical (unpaired) electrons. The normalized spacial score (nSPS) is 17.9. The van der Waals surface area contributed by atoms with Gasteiger partial charge in [0.15, 0.2) is 23.0 Å². The average molecular weight is 459 g/mol. The molecule has 0 saturated heterocycles. The molecule has 3 aliphatic rings. The van der Waals surface area contributed by atoms with Crippen molar-refractivity contribution in [2.24, 2.45) is 0 Å². The third-order valence-corrected chi connectivity index (χ3v) is 6.94. The van der Waals surface area contributed by atoms with Gasteiger partial charge in [0.2, 0.25) is 6.79 Å². The molecule has 0 bridgehead atoms. The van der Waals surface area contributed by atoms with E-state index in [2.05, 4.69) is 23.1 Å². The predicted molar refractivity (Wildman–Crippen MR) is 124 cm³/mol. The van der Waals surface area contributed by atoms with Crippen molar-refractivity contribution in [1.29, 1.82) is 0 Å². The molecule has 0 saturated carbocycles. The molecule has 34 heavy (non-hydrogen) atoms. The monoisotopic (exact) mass is 459 g/mol. The van der Waals surface area contributed by atoms with Crippen molar-refractivity contribution in [2.75, 3.05) is 27.6 Å². The van der Waals surface area contributed by atoms with E-state index in [0.717, 1.165) is 42.0 Å². The molecule has 7 nitrogen and oxygen atoms in total. The third kappa shape index (κ3) is 3.44. The molecule has 1 atom stereocenters. The molecule has 0 amide bonds. The highest BCUT2D eigenvalue weighted by atomic mass is 16.7. The van der Waals surface area contributed by atoms with Crippen LogP contribution in [0.5, 0.6) is 28.7 Å². The van der Waals surface area contributed by atoms with E-state index in [4.69, 9.17) is 23.7 Å². The molecule has 3 aliphatic heterocycles. The van der Waals surface area contributed by atoms with Crippen LogP contribution in [0.1, 0.15) is 38.7 Å². The maximum Gasteiger partial charge on any atom is 0.343 e. The van der Waals surface area contributed by atoms with E-state index in [-0.39, 0.29) is 12.8 Å². The average Bonchev–Trinajstić information content (AvgIpc) is 3.34. The molecular weight excluding hydrogens is 434 g/mol. The van der Waals surface area contributed by atoms with Crippen LogP contribution < -0.4 is 23.7 Å². The van der Waals surface area contributed by atoms with E-state index in [0.29, 0.717) is 29.4 Å². The fourth-order valence-electron chi connectivity index (χ4n) is 5.15. The van der Waals surface area contributed by atoms with Gasteiger partial charge in [0.25, 0.3) is 0 Å². The Morgan fingerprint density at radius 2 is 1.76 bits per heavy atom. The molecule has 174 valence electrons.